The Balaban J connectivity index is 2.08. The summed E-state index contributed by atoms with van der Waals surface area (Å²) in [6.45, 7) is 6.07. The molecule has 0 radical (unpaired) electrons. The van der Waals surface area contributed by atoms with E-state index in [4.69, 9.17) is 0 Å². The van der Waals surface area contributed by atoms with Crippen molar-refractivity contribution in [3.05, 3.63) is 33.8 Å². The zero-order valence-electron chi connectivity index (χ0n) is 11.1. The molecule has 1 amide bonds. The third kappa shape index (κ3) is 2.94. The average molecular weight is 310 g/mol. The van der Waals surface area contributed by atoms with E-state index in [1.165, 1.54) is 12.0 Å². The number of amides is 1. The van der Waals surface area contributed by atoms with Crippen LogP contribution >= 0.6 is 15.9 Å². The van der Waals surface area contributed by atoms with Gasteiger partial charge in [0.2, 0.25) is 0 Å². The van der Waals surface area contributed by atoms with Crippen LogP contribution in [0.3, 0.4) is 0 Å². The van der Waals surface area contributed by atoms with E-state index in [0.717, 1.165) is 41.9 Å². The second-order valence-electron chi connectivity index (χ2n) is 5.13. The molecule has 1 heterocycles. The van der Waals surface area contributed by atoms with Gasteiger partial charge in [0.25, 0.3) is 5.91 Å². The molecule has 0 saturated carbocycles. The molecule has 0 spiro atoms. The molecule has 1 aliphatic heterocycles. The van der Waals surface area contributed by atoms with Crippen molar-refractivity contribution >= 4 is 21.8 Å². The smallest absolute Gasteiger partial charge is 0.254 e. The summed E-state index contributed by atoms with van der Waals surface area (Å²) in [5.41, 5.74) is 1.96. The lowest BCUT2D eigenvalue weighted by Crippen LogP contribution is -2.38. The fraction of sp³-hybridized carbons (Fsp3) is 0.533. The number of carbonyl (C=O) groups excluding carboxylic acids is 1. The van der Waals surface area contributed by atoms with Crippen LogP contribution in [0.5, 0.6) is 0 Å². The average Bonchev–Trinajstić information content (AvgIpc) is 2.38. The minimum atomic E-state index is 0.163. The summed E-state index contributed by atoms with van der Waals surface area (Å²) < 4.78 is 0.908. The van der Waals surface area contributed by atoms with E-state index in [9.17, 15) is 4.79 Å². The molecule has 1 fully saturated rings. The number of carbonyl (C=O) groups is 1. The summed E-state index contributed by atoms with van der Waals surface area (Å²) in [4.78, 5) is 14.4. The van der Waals surface area contributed by atoms with Gasteiger partial charge in [-0.3, -0.25) is 4.79 Å². The minimum Gasteiger partial charge on any atom is -0.339 e. The second kappa shape index (κ2) is 5.87. The Hall–Kier alpha value is -0.830. The molecule has 2 rings (SSSR count). The largest absolute Gasteiger partial charge is 0.339 e. The quantitative estimate of drug-likeness (QED) is 0.808. The molecule has 0 aromatic heterocycles. The van der Waals surface area contributed by atoms with Crippen molar-refractivity contribution in [3.8, 4) is 0 Å². The molecule has 18 heavy (non-hydrogen) atoms. The summed E-state index contributed by atoms with van der Waals surface area (Å²) in [5.74, 6) is 0.965. The van der Waals surface area contributed by atoms with E-state index in [1.807, 2.05) is 30.0 Å². The number of halogens is 1. The molecule has 0 atom stereocenters. The number of likely N-dealkylation sites (tertiary alicyclic amines) is 1. The van der Waals surface area contributed by atoms with Gasteiger partial charge in [0.05, 0.1) is 5.56 Å². The van der Waals surface area contributed by atoms with Crippen LogP contribution in [0, 0.1) is 12.8 Å². The third-order valence-corrected chi connectivity index (χ3v) is 4.49. The van der Waals surface area contributed by atoms with Crippen LogP contribution in [0.1, 0.15) is 42.1 Å². The predicted octanol–water partition coefficient (Wildman–Crippen LogP) is 4.02. The van der Waals surface area contributed by atoms with Crippen molar-refractivity contribution < 1.29 is 4.79 Å². The molecule has 1 aliphatic rings. The highest BCUT2D eigenvalue weighted by molar-refractivity contribution is 9.10. The summed E-state index contributed by atoms with van der Waals surface area (Å²) in [5, 5.41) is 0. The standard InChI is InChI=1S/C15H20BrNO/c1-3-12-6-8-17(9-7-12)15(18)13-5-4-11(2)10-14(13)16/h4-5,10,12H,3,6-9H2,1-2H3. The fourth-order valence-electron chi connectivity index (χ4n) is 2.51. The van der Waals surface area contributed by atoms with Crippen molar-refractivity contribution in [1.82, 2.24) is 4.90 Å². The molecule has 3 heteroatoms. The van der Waals surface area contributed by atoms with E-state index in [-0.39, 0.29) is 5.91 Å². The Labute approximate surface area is 117 Å². The van der Waals surface area contributed by atoms with Gasteiger partial charge in [-0.15, -0.1) is 0 Å². The Morgan fingerprint density at radius 2 is 2.06 bits per heavy atom. The van der Waals surface area contributed by atoms with Crippen molar-refractivity contribution in [2.45, 2.75) is 33.1 Å². The van der Waals surface area contributed by atoms with Crippen molar-refractivity contribution in [2.24, 2.45) is 5.92 Å². The van der Waals surface area contributed by atoms with Crippen LogP contribution < -0.4 is 0 Å². The van der Waals surface area contributed by atoms with Gasteiger partial charge in [0.15, 0.2) is 0 Å². The molecule has 1 aromatic carbocycles. The molecular weight excluding hydrogens is 290 g/mol. The van der Waals surface area contributed by atoms with Gasteiger partial charge in [-0.05, 0) is 59.3 Å². The van der Waals surface area contributed by atoms with Gasteiger partial charge < -0.3 is 4.90 Å². The molecule has 0 bridgehead atoms. The lowest BCUT2D eigenvalue weighted by molar-refractivity contribution is 0.0688. The number of hydrogen-bond acceptors (Lipinski definition) is 1. The highest BCUT2D eigenvalue weighted by Crippen LogP contribution is 2.24. The normalized spacial score (nSPS) is 16.9. The number of piperidine rings is 1. The molecule has 98 valence electrons. The monoisotopic (exact) mass is 309 g/mol. The summed E-state index contributed by atoms with van der Waals surface area (Å²) in [6.07, 6.45) is 3.52. The first-order valence-corrected chi connectivity index (χ1v) is 7.46. The van der Waals surface area contributed by atoms with E-state index in [2.05, 4.69) is 22.9 Å². The summed E-state index contributed by atoms with van der Waals surface area (Å²) in [7, 11) is 0. The zero-order chi connectivity index (χ0) is 13.1. The molecule has 0 unspecified atom stereocenters. The molecule has 0 aliphatic carbocycles. The number of rotatable bonds is 2. The van der Waals surface area contributed by atoms with Crippen LogP contribution in [0.2, 0.25) is 0 Å². The Morgan fingerprint density at radius 1 is 1.39 bits per heavy atom. The molecular formula is C15H20BrNO. The number of hydrogen-bond donors (Lipinski definition) is 0. The summed E-state index contributed by atoms with van der Waals surface area (Å²) >= 11 is 3.49. The highest BCUT2D eigenvalue weighted by Gasteiger charge is 2.23. The number of nitrogens with zero attached hydrogens (tertiary/aromatic N) is 1. The van der Waals surface area contributed by atoms with Gasteiger partial charge in [-0.1, -0.05) is 19.4 Å². The molecule has 1 saturated heterocycles. The zero-order valence-corrected chi connectivity index (χ0v) is 12.7. The van der Waals surface area contributed by atoms with Crippen LogP contribution in [0.4, 0.5) is 0 Å². The Bertz CT molecular complexity index is 436. The number of benzene rings is 1. The first-order chi connectivity index (χ1) is 8.61. The third-order valence-electron chi connectivity index (χ3n) is 3.83. The van der Waals surface area contributed by atoms with Gasteiger partial charge in [-0.2, -0.15) is 0 Å². The maximum atomic E-state index is 12.4. The van der Waals surface area contributed by atoms with Gasteiger partial charge >= 0.3 is 0 Å². The van der Waals surface area contributed by atoms with Gasteiger partial charge in [0.1, 0.15) is 0 Å². The topological polar surface area (TPSA) is 20.3 Å². The van der Waals surface area contributed by atoms with Crippen molar-refractivity contribution in [1.29, 1.82) is 0 Å². The van der Waals surface area contributed by atoms with Crippen LogP contribution in [0.25, 0.3) is 0 Å². The molecule has 2 nitrogen and oxygen atoms in total. The van der Waals surface area contributed by atoms with E-state index >= 15 is 0 Å². The fourth-order valence-corrected chi connectivity index (χ4v) is 3.17. The second-order valence-corrected chi connectivity index (χ2v) is 5.98. The SMILES string of the molecule is CCC1CCN(C(=O)c2ccc(C)cc2Br)CC1. The first-order valence-electron chi connectivity index (χ1n) is 6.67. The van der Waals surface area contributed by atoms with E-state index in [1.54, 1.807) is 0 Å². The van der Waals surface area contributed by atoms with Crippen LogP contribution in [-0.4, -0.2) is 23.9 Å². The number of aryl methyl sites for hydroxylation is 1. The van der Waals surface area contributed by atoms with Crippen LogP contribution in [0.15, 0.2) is 22.7 Å². The minimum absolute atomic E-state index is 0.163. The molecule has 1 aromatic rings. The van der Waals surface area contributed by atoms with E-state index in [0.29, 0.717) is 0 Å². The van der Waals surface area contributed by atoms with Crippen molar-refractivity contribution in [2.75, 3.05) is 13.1 Å². The molecule has 0 N–H and O–H groups in total. The van der Waals surface area contributed by atoms with Crippen molar-refractivity contribution in [3.63, 3.8) is 0 Å². The predicted molar refractivity (Wildman–Crippen MR) is 77.8 cm³/mol. The maximum Gasteiger partial charge on any atom is 0.254 e. The highest BCUT2D eigenvalue weighted by atomic mass is 79.9. The Morgan fingerprint density at radius 3 is 2.61 bits per heavy atom. The van der Waals surface area contributed by atoms with Gasteiger partial charge in [0, 0.05) is 17.6 Å². The first kappa shape index (κ1) is 13.6. The summed E-state index contributed by atoms with van der Waals surface area (Å²) in [6, 6.07) is 5.93. The lowest BCUT2D eigenvalue weighted by Gasteiger charge is -2.31. The van der Waals surface area contributed by atoms with Crippen LogP contribution in [-0.2, 0) is 0 Å². The Kier molecular flexibility index (Phi) is 4.44. The lowest BCUT2D eigenvalue weighted by atomic mass is 9.94. The van der Waals surface area contributed by atoms with Gasteiger partial charge in [-0.25, -0.2) is 0 Å². The van der Waals surface area contributed by atoms with E-state index < -0.39 is 0 Å². The maximum absolute atomic E-state index is 12.4.